The minimum atomic E-state index is -0.483. The van der Waals surface area contributed by atoms with Gasteiger partial charge >= 0.3 is 6.03 Å². The van der Waals surface area contributed by atoms with Gasteiger partial charge in [-0.1, -0.05) is 6.58 Å². The molecule has 2 aliphatic rings. The third-order valence-electron chi connectivity index (χ3n) is 5.08. The summed E-state index contributed by atoms with van der Waals surface area (Å²) < 4.78 is 0. The Bertz CT molecular complexity index is 998. The summed E-state index contributed by atoms with van der Waals surface area (Å²) in [6.07, 6.45) is 2.83. The van der Waals surface area contributed by atoms with E-state index in [1.165, 1.54) is 11.3 Å². The van der Waals surface area contributed by atoms with E-state index in [4.69, 9.17) is 0 Å². The highest BCUT2D eigenvalue weighted by atomic mass is 32.1. The Morgan fingerprint density at radius 1 is 1.41 bits per heavy atom. The van der Waals surface area contributed by atoms with Gasteiger partial charge in [-0.3, -0.25) is 14.6 Å². The number of carbonyl (C=O) groups excluding carboxylic acids is 3. The number of rotatable bonds is 4. The lowest BCUT2D eigenvalue weighted by molar-refractivity contribution is -0.126. The summed E-state index contributed by atoms with van der Waals surface area (Å²) in [7, 11) is 0. The number of nitrogens with one attached hydrogen (secondary N) is 3. The monoisotopic (exact) mass is 411 g/mol. The van der Waals surface area contributed by atoms with Gasteiger partial charge in [0.1, 0.15) is 6.04 Å². The molecular weight excluding hydrogens is 390 g/mol. The molecule has 3 N–H and O–H groups in total. The first-order valence-electron chi connectivity index (χ1n) is 9.28. The standard InChI is InChI=1S/C20H21N5O3S/c1-11-3-5-13(7-21-11)24-20(28)22-8-17-14-9-25(19(27)15(14)10-29-17)16-6-4-12(2)23-18(16)26/h3,5,7,10,16H,2,4,6,8-9H2,1H3,(H,23,26)(H2,22,24,28). The smallest absolute Gasteiger partial charge is 0.319 e. The second kappa shape index (κ2) is 7.67. The summed E-state index contributed by atoms with van der Waals surface area (Å²) in [5.74, 6) is -0.320. The van der Waals surface area contributed by atoms with E-state index in [0.717, 1.165) is 16.1 Å². The molecule has 2 aromatic rings. The van der Waals surface area contributed by atoms with Crippen molar-refractivity contribution in [3.8, 4) is 0 Å². The molecular formula is C20H21N5O3S. The van der Waals surface area contributed by atoms with Crippen molar-refractivity contribution in [2.75, 3.05) is 5.32 Å². The van der Waals surface area contributed by atoms with E-state index < -0.39 is 6.04 Å². The minimum Gasteiger partial charge on any atom is -0.333 e. The molecule has 0 bridgehead atoms. The number of aromatic nitrogens is 1. The molecule has 150 valence electrons. The zero-order valence-electron chi connectivity index (χ0n) is 15.9. The van der Waals surface area contributed by atoms with Crippen molar-refractivity contribution in [1.29, 1.82) is 0 Å². The fraction of sp³-hybridized carbons (Fsp3) is 0.300. The summed E-state index contributed by atoms with van der Waals surface area (Å²) in [4.78, 5) is 43.9. The molecule has 8 nitrogen and oxygen atoms in total. The quantitative estimate of drug-likeness (QED) is 0.719. The van der Waals surface area contributed by atoms with Crippen LogP contribution in [0.4, 0.5) is 10.5 Å². The van der Waals surface area contributed by atoms with Crippen LogP contribution in [0.3, 0.4) is 0 Å². The van der Waals surface area contributed by atoms with E-state index in [9.17, 15) is 14.4 Å². The van der Waals surface area contributed by atoms with Crippen molar-refractivity contribution in [3.63, 3.8) is 0 Å². The molecule has 1 fully saturated rings. The van der Waals surface area contributed by atoms with Crippen molar-refractivity contribution in [1.82, 2.24) is 20.5 Å². The molecule has 1 atom stereocenters. The number of amides is 4. The van der Waals surface area contributed by atoms with Crippen LogP contribution in [0.5, 0.6) is 0 Å². The zero-order valence-corrected chi connectivity index (χ0v) is 16.8. The Labute approximate surface area is 172 Å². The van der Waals surface area contributed by atoms with Gasteiger partial charge in [-0.25, -0.2) is 4.79 Å². The van der Waals surface area contributed by atoms with Gasteiger partial charge < -0.3 is 20.9 Å². The largest absolute Gasteiger partial charge is 0.333 e. The normalized spacial score (nSPS) is 18.4. The van der Waals surface area contributed by atoms with Gasteiger partial charge in [0.05, 0.1) is 24.0 Å². The molecule has 4 amide bonds. The van der Waals surface area contributed by atoms with E-state index in [1.807, 2.05) is 13.0 Å². The lowest BCUT2D eigenvalue weighted by Gasteiger charge is -2.31. The fourth-order valence-electron chi connectivity index (χ4n) is 3.51. The number of fused-ring (bicyclic) bond motifs is 1. The summed E-state index contributed by atoms with van der Waals surface area (Å²) >= 11 is 1.44. The van der Waals surface area contributed by atoms with Crippen molar-refractivity contribution >= 4 is 34.9 Å². The number of anilines is 1. The number of hydrogen-bond donors (Lipinski definition) is 3. The number of allylic oxidation sites excluding steroid dienone is 1. The van der Waals surface area contributed by atoms with E-state index in [0.29, 0.717) is 42.9 Å². The number of pyridine rings is 1. The van der Waals surface area contributed by atoms with Gasteiger partial charge in [0.2, 0.25) is 5.91 Å². The van der Waals surface area contributed by atoms with Crippen LogP contribution in [0.15, 0.2) is 36.0 Å². The Hall–Kier alpha value is -3.20. The maximum absolute atomic E-state index is 12.8. The second-order valence-electron chi connectivity index (χ2n) is 7.13. The van der Waals surface area contributed by atoms with Gasteiger partial charge in [-0.2, -0.15) is 0 Å². The van der Waals surface area contributed by atoms with Gasteiger partial charge in [-0.15, -0.1) is 11.3 Å². The van der Waals surface area contributed by atoms with Gasteiger partial charge in [0.25, 0.3) is 5.91 Å². The van der Waals surface area contributed by atoms with E-state index >= 15 is 0 Å². The number of nitrogens with zero attached hydrogens (tertiary/aromatic N) is 2. The third-order valence-corrected chi connectivity index (χ3v) is 6.11. The summed E-state index contributed by atoms with van der Waals surface area (Å²) in [6.45, 7) is 6.34. The first kappa shape index (κ1) is 19.1. The van der Waals surface area contributed by atoms with Crippen LogP contribution >= 0.6 is 11.3 Å². The van der Waals surface area contributed by atoms with Crippen LogP contribution in [0, 0.1) is 6.92 Å². The van der Waals surface area contributed by atoms with Gasteiger partial charge in [0, 0.05) is 28.2 Å². The topological polar surface area (TPSA) is 103 Å². The van der Waals surface area contributed by atoms with Crippen molar-refractivity contribution in [3.05, 3.63) is 57.7 Å². The molecule has 0 aromatic carbocycles. The molecule has 4 rings (SSSR count). The van der Waals surface area contributed by atoms with Gasteiger partial charge in [0.15, 0.2) is 0 Å². The molecule has 0 radical (unpaired) electrons. The Kier molecular flexibility index (Phi) is 5.06. The second-order valence-corrected chi connectivity index (χ2v) is 8.09. The Morgan fingerprint density at radius 2 is 2.24 bits per heavy atom. The fourth-order valence-corrected chi connectivity index (χ4v) is 4.48. The highest BCUT2D eigenvalue weighted by Crippen LogP contribution is 2.34. The predicted molar refractivity (Wildman–Crippen MR) is 109 cm³/mol. The predicted octanol–water partition coefficient (Wildman–Crippen LogP) is 2.52. The molecule has 0 spiro atoms. The Morgan fingerprint density at radius 3 is 2.97 bits per heavy atom. The zero-order chi connectivity index (χ0) is 20.5. The van der Waals surface area contributed by atoms with E-state index in [-0.39, 0.29) is 17.8 Å². The number of hydrogen-bond acceptors (Lipinski definition) is 5. The van der Waals surface area contributed by atoms with Crippen molar-refractivity contribution in [2.45, 2.75) is 38.9 Å². The minimum absolute atomic E-state index is 0.134. The van der Waals surface area contributed by atoms with Crippen LogP contribution in [-0.4, -0.2) is 33.8 Å². The number of urea groups is 1. The lowest BCUT2D eigenvalue weighted by atomic mass is 10.0. The summed E-state index contributed by atoms with van der Waals surface area (Å²) in [5, 5.41) is 10.1. The molecule has 29 heavy (non-hydrogen) atoms. The highest BCUT2D eigenvalue weighted by Gasteiger charge is 2.39. The third kappa shape index (κ3) is 3.86. The van der Waals surface area contributed by atoms with Gasteiger partial charge in [-0.05, 0) is 37.5 Å². The highest BCUT2D eigenvalue weighted by molar-refractivity contribution is 7.10. The average Bonchev–Trinajstić information content (AvgIpc) is 3.22. The summed E-state index contributed by atoms with van der Waals surface area (Å²) in [5.41, 5.74) is 3.67. The number of carbonyl (C=O) groups is 3. The van der Waals surface area contributed by atoms with Crippen LogP contribution in [0.2, 0.25) is 0 Å². The van der Waals surface area contributed by atoms with Crippen LogP contribution in [0.25, 0.3) is 0 Å². The molecule has 1 saturated heterocycles. The molecule has 0 aliphatic carbocycles. The number of thiophene rings is 1. The van der Waals surface area contributed by atoms with Crippen LogP contribution in [0.1, 0.15) is 39.3 Å². The van der Waals surface area contributed by atoms with Crippen LogP contribution in [-0.2, 0) is 17.9 Å². The average molecular weight is 411 g/mol. The Balaban J connectivity index is 1.39. The first-order valence-corrected chi connectivity index (χ1v) is 10.2. The maximum Gasteiger partial charge on any atom is 0.319 e. The molecule has 4 heterocycles. The van der Waals surface area contributed by atoms with E-state index in [1.54, 1.807) is 22.5 Å². The first-order chi connectivity index (χ1) is 13.9. The van der Waals surface area contributed by atoms with Crippen LogP contribution < -0.4 is 16.0 Å². The molecule has 2 aliphatic heterocycles. The lowest BCUT2D eigenvalue weighted by Crippen LogP contribution is -2.49. The number of aryl methyl sites for hydroxylation is 1. The van der Waals surface area contributed by atoms with Crippen molar-refractivity contribution in [2.24, 2.45) is 0 Å². The molecule has 1 unspecified atom stereocenters. The SMILES string of the molecule is C=C1CCC(N2Cc3c(csc3CNC(=O)Nc3ccc(C)nc3)C2=O)C(=O)N1. The maximum atomic E-state index is 12.8. The summed E-state index contributed by atoms with van der Waals surface area (Å²) in [6, 6.07) is 2.77. The van der Waals surface area contributed by atoms with Crippen molar-refractivity contribution < 1.29 is 14.4 Å². The molecule has 2 aromatic heterocycles. The van der Waals surface area contributed by atoms with E-state index in [2.05, 4.69) is 27.5 Å². The molecule has 0 saturated carbocycles. The molecule has 9 heteroatoms. The number of piperidine rings is 1.